The van der Waals surface area contributed by atoms with Gasteiger partial charge in [-0.15, -0.1) is 0 Å². The summed E-state index contributed by atoms with van der Waals surface area (Å²) in [7, 11) is 0. The highest BCUT2D eigenvalue weighted by atomic mass is 16.5. The van der Waals surface area contributed by atoms with E-state index in [1.165, 1.54) is 6.92 Å². The molecule has 0 aliphatic rings. The number of carbonyl (C=O) groups is 3. The number of rotatable bonds is 6. The summed E-state index contributed by atoms with van der Waals surface area (Å²) in [5.41, 5.74) is 2.75. The average molecular weight is 292 g/mol. The van der Waals surface area contributed by atoms with Gasteiger partial charge in [0.1, 0.15) is 0 Å². The van der Waals surface area contributed by atoms with Crippen LogP contribution in [0.4, 0.5) is 5.69 Å². The molecular formula is C15H20N2O4. The van der Waals surface area contributed by atoms with Gasteiger partial charge in [0.15, 0.2) is 6.61 Å². The summed E-state index contributed by atoms with van der Waals surface area (Å²) in [5, 5.41) is 5.17. The number of anilines is 1. The zero-order valence-corrected chi connectivity index (χ0v) is 12.5. The van der Waals surface area contributed by atoms with Gasteiger partial charge in [0.2, 0.25) is 5.91 Å². The Hall–Kier alpha value is -2.37. The maximum atomic E-state index is 11.7. The van der Waals surface area contributed by atoms with Gasteiger partial charge in [0.25, 0.3) is 5.91 Å². The Morgan fingerprint density at radius 3 is 2.57 bits per heavy atom. The van der Waals surface area contributed by atoms with Crippen molar-refractivity contribution in [3.63, 3.8) is 0 Å². The molecule has 0 atom stereocenters. The molecule has 0 bridgehead atoms. The van der Waals surface area contributed by atoms with E-state index in [0.29, 0.717) is 5.69 Å². The van der Waals surface area contributed by atoms with Crippen molar-refractivity contribution in [2.45, 2.75) is 27.2 Å². The molecule has 1 aromatic carbocycles. The molecule has 1 aromatic rings. The molecule has 0 aliphatic carbocycles. The normalized spacial score (nSPS) is 9.86. The Morgan fingerprint density at radius 1 is 1.19 bits per heavy atom. The predicted octanol–water partition coefficient (Wildman–Crippen LogP) is 1.31. The van der Waals surface area contributed by atoms with Crippen molar-refractivity contribution < 1.29 is 19.1 Å². The summed E-state index contributed by atoms with van der Waals surface area (Å²) >= 11 is 0. The third-order valence-corrected chi connectivity index (χ3v) is 2.95. The van der Waals surface area contributed by atoms with Gasteiger partial charge in [-0.2, -0.15) is 0 Å². The molecule has 6 heteroatoms. The monoisotopic (exact) mass is 292 g/mol. The summed E-state index contributed by atoms with van der Waals surface area (Å²) in [6.07, 6.45) is 0.0380. The van der Waals surface area contributed by atoms with Gasteiger partial charge in [0.05, 0.1) is 6.42 Å². The molecule has 1 rings (SSSR count). The number of hydrogen-bond donors (Lipinski definition) is 2. The van der Waals surface area contributed by atoms with Gasteiger partial charge < -0.3 is 15.4 Å². The minimum Gasteiger partial charge on any atom is -0.456 e. The molecule has 0 unspecified atom stereocenters. The van der Waals surface area contributed by atoms with Crippen LogP contribution in [0.25, 0.3) is 0 Å². The van der Waals surface area contributed by atoms with E-state index in [9.17, 15) is 14.4 Å². The number of amides is 2. The predicted molar refractivity (Wildman–Crippen MR) is 78.8 cm³/mol. The first kappa shape index (κ1) is 16.7. The van der Waals surface area contributed by atoms with Crippen LogP contribution in [0, 0.1) is 13.8 Å². The third kappa shape index (κ3) is 6.07. The summed E-state index contributed by atoms with van der Waals surface area (Å²) in [6.45, 7) is 5.08. The van der Waals surface area contributed by atoms with Gasteiger partial charge in [-0.25, -0.2) is 0 Å². The number of esters is 1. The SMILES string of the molecule is CC(=O)NCCC(=O)OCC(=O)Nc1cccc(C)c1C. The lowest BCUT2D eigenvalue weighted by Gasteiger charge is -2.10. The molecule has 0 radical (unpaired) electrons. The molecule has 0 aromatic heterocycles. The van der Waals surface area contributed by atoms with E-state index in [0.717, 1.165) is 11.1 Å². The molecular weight excluding hydrogens is 272 g/mol. The van der Waals surface area contributed by atoms with E-state index >= 15 is 0 Å². The van der Waals surface area contributed by atoms with E-state index in [1.807, 2.05) is 26.0 Å². The fourth-order valence-corrected chi connectivity index (χ4v) is 1.63. The third-order valence-electron chi connectivity index (χ3n) is 2.95. The van der Waals surface area contributed by atoms with Gasteiger partial charge in [-0.3, -0.25) is 14.4 Å². The molecule has 2 amide bonds. The minimum atomic E-state index is -0.528. The molecule has 0 aliphatic heterocycles. The summed E-state index contributed by atoms with van der Waals surface area (Å²) in [4.78, 5) is 33.7. The van der Waals surface area contributed by atoms with Gasteiger partial charge >= 0.3 is 5.97 Å². The first-order valence-corrected chi connectivity index (χ1v) is 6.66. The van der Waals surface area contributed by atoms with Crippen molar-refractivity contribution in [2.24, 2.45) is 0 Å². The van der Waals surface area contributed by atoms with Gasteiger partial charge in [0, 0.05) is 19.2 Å². The highest BCUT2D eigenvalue weighted by Gasteiger charge is 2.09. The van der Waals surface area contributed by atoms with Crippen LogP contribution in [0.5, 0.6) is 0 Å². The largest absolute Gasteiger partial charge is 0.456 e. The number of aryl methyl sites for hydroxylation is 1. The van der Waals surface area contributed by atoms with Crippen molar-refractivity contribution in [3.8, 4) is 0 Å². The van der Waals surface area contributed by atoms with Crippen molar-refractivity contribution in [1.82, 2.24) is 5.32 Å². The van der Waals surface area contributed by atoms with Gasteiger partial charge in [-0.1, -0.05) is 12.1 Å². The maximum Gasteiger partial charge on any atom is 0.308 e. The summed E-state index contributed by atoms with van der Waals surface area (Å²) in [6, 6.07) is 5.59. The van der Waals surface area contributed by atoms with E-state index < -0.39 is 11.9 Å². The summed E-state index contributed by atoms with van der Waals surface area (Å²) < 4.78 is 4.83. The second kappa shape index (κ2) is 8.04. The van der Waals surface area contributed by atoms with Crippen LogP contribution in [0.15, 0.2) is 18.2 Å². The number of carbonyl (C=O) groups excluding carboxylic acids is 3. The molecule has 0 saturated heterocycles. The molecule has 2 N–H and O–H groups in total. The fourth-order valence-electron chi connectivity index (χ4n) is 1.63. The lowest BCUT2D eigenvalue weighted by atomic mass is 10.1. The van der Waals surface area contributed by atoms with Crippen LogP contribution in [0.1, 0.15) is 24.5 Å². The Labute approximate surface area is 123 Å². The van der Waals surface area contributed by atoms with Crippen LogP contribution >= 0.6 is 0 Å². The number of benzene rings is 1. The Kier molecular flexibility index (Phi) is 6.39. The molecule has 0 spiro atoms. The standard InChI is InChI=1S/C15H20N2O4/c1-10-5-4-6-13(11(10)2)17-14(19)9-21-15(20)7-8-16-12(3)18/h4-6H,7-9H2,1-3H3,(H,16,18)(H,17,19). The van der Waals surface area contributed by atoms with E-state index in [-0.39, 0.29) is 25.5 Å². The zero-order chi connectivity index (χ0) is 15.8. The van der Waals surface area contributed by atoms with Crippen molar-refractivity contribution in [1.29, 1.82) is 0 Å². The first-order valence-electron chi connectivity index (χ1n) is 6.66. The van der Waals surface area contributed by atoms with E-state index in [1.54, 1.807) is 6.07 Å². The number of ether oxygens (including phenoxy) is 1. The highest BCUT2D eigenvalue weighted by Crippen LogP contribution is 2.17. The minimum absolute atomic E-state index is 0.0380. The quantitative estimate of drug-likeness (QED) is 0.774. The van der Waals surface area contributed by atoms with Crippen LogP contribution in [-0.2, 0) is 19.1 Å². The Bertz CT molecular complexity index is 540. The van der Waals surface area contributed by atoms with Crippen molar-refractivity contribution in [3.05, 3.63) is 29.3 Å². The van der Waals surface area contributed by atoms with Crippen molar-refractivity contribution in [2.75, 3.05) is 18.5 Å². The first-order chi connectivity index (χ1) is 9.90. The Balaban J connectivity index is 2.35. The second-order valence-electron chi connectivity index (χ2n) is 4.69. The lowest BCUT2D eigenvalue weighted by Crippen LogP contribution is -2.26. The van der Waals surface area contributed by atoms with Crippen molar-refractivity contribution >= 4 is 23.5 Å². The molecule has 0 fully saturated rings. The molecule has 114 valence electrons. The topological polar surface area (TPSA) is 84.5 Å². The van der Waals surface area contributed by atoms with E-state index in [4.69, 9.17) is 4.74 Å². The second-order valence-corrected chi connectivity index (χ2v) is 4.69. The highest BCUT2D eigenvalue weighted by molar-refractivity contribution is 5.93. The number of hydrogen-bond acceptors (Lipinski definition) is 4. The molecule has 0 heterocycles. The summed E-state index contributed by atoms with van der Waals surface area (Å²) in [5.74, 6) is -1.13. The van der Waals surface area contributed by atoms with Gasteiger partial charge in [-0.05, 0) is 31.0 Å². The lowest BCUT2D eigenvalue weighted by molar-refractivity contribution is -0.147. The van der Waals surface area contributed by atoms with E-state index in [2.05, 4.69) is 10.6 Å². The molecule has 6 nitrogen and oxygen atoms in total. The zero-order valence-electron chi connectivity index (χ0n) is 12.5. The molecule has 21 heavy (non-hydrogen) atoms. The smallest absolute Gasteiger partial charge is 0.308 e. The maximum absolute atomic E-state index is 11.7. The van der Waals surface area contributed by atoms with Crippen LogP contribution in [0.3, 0.4) is 0 Å². The molecule has 0 saturated carbocycles. The van der Waals surface area contributed by atoms with Crippen LogP contribution in [-0.4, -0.2) is 30.9 Å². The van der Waals surface area contributed by atoms with Crippen LogP contribution < -0.4 is 10.6 Å². The number of nitrogens with one attached hydrogen (secondary N) is 2. The Morgan fingerprint density at radius 2 is 1.90 bits per heavy atom. The average Bonchev–Trinajstić information content (AvgIpc) is 2.41. The van der Waals surface area contributed by atoms with Crippen LogP contribution in [0.2, 0.25) is 0 Å². The fraction of sp³-hybridized carbons (Fsp3) is 0.400.